The van der Waals surface area contributed by atoms with Gasteiger partial charge in [-0.15, -0.1) is 11.3 Å². The topological polar surface area (TPSA) is 30.0 Å². The molecule has 3 aromatic rings. The highest BCUT2D eigenvalue weighted by molar-refractivity contribution is 9.11. The van der Waals surface area contributed by atoms with E-state index in [-0.39, 0.29) is 5.78 Å². The Morgan fingerprint density at radius 2 is 2.05 bits per heavy atom. The Labute approximate surface area is 123 Å². The van der Waals surface area contributed by atoms with E-state index in [1.165, 1.54) is 11.3 Å². The number of ketones is 1. The largest absolute Gasteiger partial charge is 0.288 e. The molecule has 0 saturated carbocycles. The second kappa shape index (κ2) is 4.87. The summed E-state index contributed by atoms with van der Waals surface area (Å²) in [5, 5.41) is 0.987. The van der Waals surface area contributed by atoms with Crippen molar-refractivity contribution in [2.45, 2.75) is 6.92 Å². The average Bonchev–Trinajstić information content (AvgIpc) is 2.77. The van der Waals surface area contributed by atoms with Crippen molar-refractivity contribution in [1.29, 1.82) is 0 Å². The van der Waals surface area contributed by atoms with Crippen molar-refractivity contribution in [3.8, 4) is 0 Å². The van der Waals surface area contributed by atoms with Crippen molar-refractivity contribution >= 4 is 44.0 Å². The molecule has 0 atom stereocenters. The van der Waals surface area contributed by atoms with Gasteiger partial charge in [-0.1, -0.05) is 18.2 Å². The lowest BCUT2D eigenvalue weighted by Gasteiger charge is -2.00. The molecule has 0 radical (unpaired) electrons. The molecule has 2 nitrogen and oxygen atoms in total. The quantitative estimate of drug-likeness (QED) is 0.642. The summed E-state index contributed by atoms with van der Waals surface area (Å²) in [6.45, 7) is 1.98. The lowest BCUT2D eigenvalue weighted by molar-refractivity contribution is 0.104. The van der Waals surface area contributed by atoms with Crippen molar-refractivity contribution in [3.05, 3.63) is 62.4 Å². The molecule has 0 spiro atoms. The second-order valence-electron chi connectivity index (χ2n) is 4.31. The highest BCUT2D eigenvalue weighted by Gasteiger charge is 2.14. The number of hydrogen-bond acceptors (Lipinski definition) is 3. The summed E-state index contributed by atoms with van der Waals surface area (Å²) < 4.78 is 1.00. The van der Waals surface area contributed by atoms with Crippen molar-refractivity contribution in [2.75, 3.05) is 0 Å². The van der Waals surface area contributed by atoms with Crippen LogP contribution >= 0.6 is 27.3 Å². The lowest BCUT2D eigenvalue weighted by atomic mass is 10.1. The molecule has 2 heterocycles. The number of nitrogens with zero attached hydrogens (tertiary/aromatic N) is 1. The fraction of sp³-hybridized carbons (Fsp3) is 0.0667. The normalized spacial score (nSPS) is 10.8. The molecule has 94 valence electrons. The summed E-state index contributed by atoms with van der Waals surface area (Å²) in [4.78, 5) is 17.5. The van der Waals surface area contributed by atoms with Gasteiger partial charge in [0, 0.05) is 17.1 Å². The number of hydrogen-bond donors (Lipinski definition) is 0. The molecule has 0 fully saturated rings. The molecule has 0 aliphatic carbocycles. The molecule has 0 aliphatic heterocycles. The number of pyridine rings is 1. The minimum atomic E-state index is 0.0250. The third-order valence-corrected chi connectivity index (χ3v) is 5.07. The van der Waals surface area contributed by atoms with Crippen LogP contribution in [0.5, 0.6) is 0 Å². The number of thiophene rings is 1. The number of carbonyl (C=O) groups excluding carboxylic acids is 1. The Balaban J connectivity index is 2.06. The van der Waals surface area contributed by atoms with E-state index >= 15 is 0 Å². The van der Waals surface area contributed by atoms with E-state index in [0.717, 1.165) is 25.1 Å². The van der Waals surface area contributed by atoms with E-state index in [0.29, 0.717) is 5.56 Å². The molecule has 0 bridgehead atoms. The zero-order chi connectivity index (χ0) is 13.4. The maximum absolute atomic E-state index is 12.4. The zero-order valence-electron chi connectivity index (χ0n) is 10.2. The third kappa shape index (κ3) is 2.33. The summed E-state index contributed by atoms with van der Waals surface area (Å²) in [6.07, 6.45) is 1.65. The van der Waals surface area contributed by atoms with Gasteiger partial charge in [0.05, 0.1) is 14.2 Å². The van der Waals surface area contributed by atoms with Crippen LogP contribution in [0.15, 0.2) is 46.4 Å². The van der Waals surface area contributed by atoms with Gasteiger partial charge in [0.2, 0.25) is 5.78 Å². The average molecular weight is 332 g/mol. The van der Waals surface area contributed by atoms with E-state index in [4.69, 9.17) is 0 Å². The van der Waals surface area contributed by atoms with Crippen LogP contribution in [0, 0.1) is 6.92 Å². The highest BCUT2D eigenvalue weighted by Crippen LogP contribution is 2.29. The predicted molar refractivity (Wildman–Crippen MR) is 81.9 cm³/mol. The number of aromatic nitrogens is 1. The van der Waals surface area contributed by atoms with E-state index in [1.54, 1.807) is 6.20 Å². The van der Waals surface area contributed by atoms with Crippen LogP contribution in [0.25, 0.3) is 10.9 Å². The zero-order valence-corrected chi connectivity index (χ0v) is 12.6. The number of halogens is 1. The maximum Gasteiger partial charge on any atom is 0.204 e. The molecular weight excluding hydrogens is 322 g/mol. The first-order chi connectivity index (χ1) is 9.15. The van der Waals surface area contributed by atoms with Gasteiger partial charge in [0.25, 0.3) is 0 Å². The number of para-hydroxylation sites is 1. The molecule has 3 rings (SSSR count). The summed E-state index contributed by atoms with van der Waals surface area (Å²) >= 11 is 4.91. The first kappa shape index (κ1) is 12.5. The van der Waals surface area contributed by atoms with Crippen molar-refractivity contribution in [2.24, 2.45) is 0 Å². The number of rotatable bonds is 2. The Hall–Kier alpha value is -1.52. The Morgan fingerprint density at radius 1 is 1.26 bits per heavy atom. The minimum Gasteiger partial charge on any atom is -0.288 e. The molecule has 0 N–H and O–H groups in total. The van der Waals surface area contributed by atoms with Crippen molar-refractivity contribution in [3.63, 3.8) is 0 Å². The molecule has 0 saturated heterocycles. The van der Waals surface area contributed by atoms with Gasteiger partial charge in [-0.25, -0.2) is 0 Å². The van der Waals surface area contributed by atoms with E-state index in [1.807, 2.05) is 43.3 Å². The lowest BCUT2D eigenvalue weighted by Crippen LogP contribution is -1.99. The fourth-order valence-electron chi connectivity index (χ4n) is 1.91. The minimum absolute atomic E-state index is 0.0250. The molecule has 2 aromatic heterocycles. The van der Waals surface area contributed by atoms with Crippen molar-refractivity contribution in [1.82, 2.24) is 4.98 Å². The van der Waals surface area contributed by atoms with Gasteiger partial charge in [0.15, 0.2) is 0 Å². The Kier molecular flexibility index (Phi) is 3.21. The van der Waals surface area contributed by atoms with Gasteiger partial charge in [-0.2, -0.15) is 0 Å². The number of aryl methyl sites for hydroxylation is 1. The SMILES string of the molecule is Cc1cc(C(=O)c2cnc3ccccc3c2)sc1Br. The van der Waals surface area contributed by atoms with Crippen LogP contribution in [0.3, 0.4) is 0 Å². The summed E-state index contributed by atoms with van der Waals surface area (Å²) in [5.41, 5.74) is 2.62. The first-order valence-electron chi connectivity index (χ1n) is 5.80. The highest BCUT2D eigenvalue weighted by atomic mass is 79.9. The summed E-state index contributed by atoms with van der Waals surface area (Å²) in [5.74, 6) is 0.0250. The monoisotopic (exact) mass is 331 g/mol. The van der Waals surface area contributed by atoms with Gasteiger partial charge >= 0.3 is 0 Å². The van der Waals surface area contributed by atoms with Crippen LogP contribution in [-0.4, -0.2) is 10.8 Å². The maximum atomic E-state index is 12.4. The van der Waals surface area contributed by atoms with Crippen LogP contribution in [0.4, 0.5) is 0 Å². The molecule has 1 aromatic carbocycles. The number of fused-ring (bicyclic) bond motifs is 1. The van der Waals surface area contributed by atoms with Crippen LogP contribution < -0.4 is 0 Å². The Morgan fingerprint density at radius 3 is 2.79 bits per heavy atom. The molecular formula is C15H10BrNOS. The number of carbonyl (C=O) groups is 1. The molecule has 0 amide bonds. The van der Waals surface area contributed by atoms with E-state index in [2.05, 4.69) is 20.9 Å². The third-order valence-electron chi connectivity index (χ3n) is 2.93. The second-order valence-corrected chi connectivity index (χ2v) is 6.68. The van der Waals surface area contributed by atoms with Gasteiger partial charge in [-0.05, 0) is 46.6 Å². The van der Waals surface area contributed by atoms with Gasteiger partial charge in [0.1, 0.15) is 0 Å². The van der Waals surface area contributed by atoms with E-state index < -0.39 is 0 Å². The van der Waals surface area contributed by atoms with Gasteiger partial charge in [-0.3, -0.25) is 9.78 Å². The van der Waals surface area contributed by atoms with Crippen LogP contribution in [0.1, 0.15) is 20.8 Å². The predicted octanol–water partition coefficient (Wildman–Crippen LogP) is 4.60. The van der Waals surface area contributed by atoms with E-state index in [9.17, 15) is 4.79 Å². The summed E-state index contributed by atoms with van der Waals surface area (Å²) in [7, 11) is 0. The first-order valence-corrected chi connectivity index (χ1v) is 7.41. The van der Waals surface area contributed by atoms with Crippen LogP contribution in [-0.2, 0) is 0 Å². The number of benzene rings is 1. The molecule has 4 heteroatoms. The molecule has 0 aliphatic rings. The van der Waals surface area contributed by atoms with Crippen LogP contribution in [0.2, 0.25) is 0 Å². The molecule has 0 unspecified atom stereocenters. The van der Waals surface area contributed by atoms with Crippen molar-refractivity contribution < 1.29 is 4.79 Å². The standard InChI is InChI=1S/C15H10BrNOS/c1-9-6-13(19-15(9)16)14(18)11-7-10-4-2-3-5-12(10)17-8-11/h2-8H,1H3. The Bertz CT molecular complexity index is 759. The smallest absolute Gasteiger partial charge is 0.204 e. The summed E-state index contributed by atoms with van der Waals surface area (Å²) in [6, 6.07) is 11.6. The fourth-order valence-corrected chi connectivity index (χ4v) is 3.41. The van der Waals surface area contributed by atoms with Gasteiger partial charge < -0.3 is 0 Å². The molecule has 19 heavy (non-hydrogen) atoms.